The lowest BCUT2D eigenvalue weighted by molar-refractivity contribution is -0.0528. The molecule has 0 saturated heterocycles. The summed E-state index contributed by atoms with van der Waals surface area (Å²) in [4.78, 5) is 5.95. The van der Waals surface area contributed by atoms with E-state index in [0.717, 1.165) is 12.1 Å². The van der Waals surface area contributed by atoms with Crippen molar-refractivity contribution in [3.05, 3.63) is 35.3 Å². The second kappa shape index (κ2) is 7.61. The van der Waals surface area contributed by atoms with E-state index in [4.69, 9.17) is 0 Å². The van der Waals surface area contributed by atoms with Crippen molar-refractivity contribution in [1.29, 1.82) is 0 Å². The number of aromatic nitrogens is 2. The molecule has 11 heteroatoms. The van der Waals surface area contributed by atoms with Gasteiger partial charge in [0, 0.05) is 18.0 Å². The first-order valence-electron chi connectivity index (χ1n) is 8.61. The topological polar surface area (TPSA) is 84.1 Å². The van der Waals surface area contributed by atoms with Gasteiger partial charge in [0.25, 0.3) is 16.0 Å². The Morgan fingerprint density at radius 1 is 1.32 bits per heavy atom. The van der Waals surface area contributed by atoms with Crippen LogP contribution < -0.4 is 9.46 Å². The fraction of sp³-hybridized carbons (Fsp3) is 0.471. The monoisotopic (exact) mass is 421 g/mol. The predicted molar refractivity (Wildman–Crippen MR) is 92.7 cm³/mol. The fourth-order valence-corrected chi connectivity index (χ4v) is 4.59. The molecule has 6 nitrogen and oxygen atoms in total. The van der Waals surface area contributed by atoms with Crippen LogP contribution in [0.5, 0.6) is 5.75 Å². The number of alkyl halides is 2. The van der Waals surface area contributed by atoms with Crippen molar-refractivity contribution in [2.75, 3.05) is 4.72 Å². The summed E-state index contributed by atoms with van der Waals surface area (Å²) < 4.78 is 83.1. The van der Waals surface area contributed by atoms with E-state index in [0.29, 0.717) is 36.3 Å². The van der Waals surface area contributed by atoms with E-state index in [1.165, 1.54) is 6.20 Å². The minimum atomic E-state index is -4.26. The number of halogens is 4. The first-order valence-corrected chi connectivity index (χ1v) is 10.1. The Balaban J connectivity index is 1.87. The number of sulfonamides is 1. The molecule has 1 aliphatic rings. The van der Waals surface area contributed by atoms with Crippen molar-refractivity contribution in [3.8, 4) is 5.75 Å². The average molecular weight is 421 g/mol. The number of anilines is 1. The molecule has 0 saturated carbocycles. The van der Waals surface area contributed by atoms with E-state index < -0.39 is 40.0 Å². The number of pyridine rings is 1. The summed E-state index contributed by atoms with van der Waals surface area (Å²) in [6.07, 6.45) is 3.34. The number of nitrogens with one attached hydrogen (secondary N) is 2. The maximum Gasteiger partial charge on any atom is 0.387 e. The van der Waals surface area contributed by atoms with Gasteiger partial charge in [-0.05, 0) is 36.7 Å². The van der Waals surface area contributed by atoms with Crippen LogP contribution in [0.1, 0.15) is 31.5 Å². The maximum atomic E-state index is 14.0. The zero-order valence-electron chi connectivity index (χ0n) is 15.1. The lowest BCUT2D eigenvalue weighted by atomic mass is 9.81. The van der Waals surface area contributed by atoms with Crippen LogP contribution in [0.2, 0.25) is 0 Å². The Hall–Kier alpha value is -2.30. The number of aromatic amines is 1. The second-order valence-electron chi connectivity index (χ2n) is 6.95. The minimum absolute atomic E-state index is 0.0702. The molecule has 0 amide bonds. The first kappa shape index (κ1) is 20.4. The lowest BCUT2D eigenvalue weighted by Crippen LogP contribution is -2.21. The number of rotatable bonds is 6. The van der Waals surface area contributed by atoms with E-state index in [1.54, 1.807) is 0 Å². The molecule has 2 aromatic rings. The standard InChI is InChI=1S/C17H19F4N3O3S/c1-8(2)9-3-4-10-12(5-9)22-7-14(10)28(25,26)24-16-11(18)6-13(15(19)23-16)27-17(20)21/h6-9,17,22H,3-5H2,1-2H3,(H,23,24). The maximum absolute atomic E-state index is 14.0. The van der Waals surface area contributed by atoms with Crippen molar-refractivity contribution >= 4 is 15.8 Å². The normalized spacial score (nSPS) is 17.1. The Morgan fingerprint density at radius 2 is 2.04 bits per heavy atom. The Kier molecular flexibility index (Phi) is 5.55. The zero-order valence-corrected chi connectivity index (χ0v) is 15.9. The molecule has 0 aromatic carbocycles. The van der Waals surface area contributed by atoms with Gasteiger partial charge in [0.1, 0.15) is 4.90 Å². The van der Waals surface area contributed by atoms with Gasteiger partial charge in [-0.15, -0.1) is 0 Å². The van der Waals surface area contributed by atoms with Gasteiger partial charge in [-0.1, -0.05) is 13.8 Å². The number of ether oxygens (including phenoxy) is 1. The molecule has 0 spiro atoms. The molecule has 3 rings (SSSR count). The molecule has 28 heavy (non-hydrogen) atoms. The molecule has 2 heterocycles. The highest BCUT2D eigenvalue weighted by Crippen LogP contribution is 2.34. The van der Waals surface area contributed by atoms with Gasteiger partial charge in [-0.25, -0.2) is 12.8 Å². The quantitative estimate of drug-likeness (QED) is 0.548. The van der Waals surface area contributed by atoms with E-state index in [9.17, 15) is 26.0 Å². The smallest absolute Gasteiger partial charge is 0.387 e. The van der Waals surface area contributed by atoms with E-state index in [2.05, 4.69) is 28.6 Å². The van der Waals surface area contributed by atoms with Gasteiger partial charge >= 0.3 is 6.61 Å². The Labute approximate surface area is 159 Å². The zero-order chi connectivity index (χ0) is 20.6. The third kappa shape index (κ3) is 4.08. The molecule has 0 radical (unpaired) electrons. The number of nitrogens with zero attached hydrogens (tertiary/aromatic N) is 1. The second-order valence-corrected chi connectivity index (χ2v) is 8.60. The molecule has 0 aliphatic heterocycles. The summed E-state index contributed by atoms with van der Waals surface area (Å²) in [5, 5.41) is 0. The first-order chi connectivity index (χ1) is 13.1. The minimum Gasteiger partial charge on any atom is -0.430 e. The summed E-state index contributed by atoms with van der Waals surface area (Å²) in [6.45, 7) is 0.823. The van der Waals surface area contributed by atoms with Crippen molar-refractivity contribution in [1.82, 2.24) is 9.97 Å². The van der Waals surface area contributed by atoms with Gasteiger partial charge < -0.3 is 9.72 Å². The lowest BCUT2D eigenvalue weighted by Gasteiger charge is -2.25. The van der Waals surface area contributed by atoms with Gasteiger partial charge in [-0.3, -0.25) is 4.72 Å². The van der Waals surface area contributed by atoms with Crippen LogP contribution in [-0.4, -0.2) is 25.0 Å². The van der Waals surface area contributed by atoms with Crippen LogP contribution in [0.3, 0.4) is 0 Å². The average Bonchev–Trinajstić information content (AvgIpc) is 3.02. The third-order valence-corrected chi connectivity index (χ3v) is 6.25. The van der Waals surface area contributed by atoms with Gasteiger partial charge in [0.15, 0.2) is 17.4 Å². The van der Waals surface area contributed by atoms with Crippen molar-refractivity contribution in [2.24, 2.45) is 11.8 Å². The van der Waals surface area contributed by atoms with Crippen LogP contribution in [0.4, 0.5) is 23.4 Å². The van der Waals surface area contributed by atoms with E-state index in [1.807, 2.05) is 4.72 Å². The van der Waals surface area contributed by atoms with Gasteiger partial charge in [-0.2, -0.15) is 18.2 Å². The van der Waals surface area contributed by atoms with Crippen molar-refractivity contribution in [2.45, 2.75) is 44.6 Å². The number of hydrogen-bond donors (Lipinski definition) is 2. The highest BCUT2D eigenvalue weighted by molar-refractivity contribution is 7.92. The van der Waals surface area contributed by atoms with Crippen molar-refractivity contribution in [3.63, 3.8) is 0 Å². The fourth-order valence-electron chi connectivity index (χ4n) is 3.32. The summed E-state index contributed by atoms with van der Waals surface area (Å²) in [5.41, 5.74) is 1.40. The predicted octanol–water partition coefficient (Wildman–Crippen LogP) is 3.85. The van der Waals surface area contributed by atoms with Crippen LogP contribution in [0.25, 0.3) is 0 Å². The molecular formula is C17H19F4N3O3S. The number of H-pyrrole nitrogens is 1. The van der Waals surface area contributed by atoms with E-state index in [-0.39, 0.29) is 4.90 Å². The highest BCUT2D eigenvalue weighted by Gasteiger charge is 2.30. The number of fused-ring (bicyclic) bond motifs is 1. The van der Waals surface area contributed by atoms with Crippen LogP contribution in [0.15, 0.2) is 17.2 Å². The Bertz CT molecular complexity index is 976. The summed E-state index contributed by atoms with van der Waals surface area (Å²) in [6, 6.07) is 0.312. The van der Waals surface area contributed by atoms with Crippen molar-refractivity contribution < 1.29 is 30.7 Å². The Morgan fingerprint density at radius 3 is 2.68 bits per heavy atom. The summed E-state index contributed by atoms with van der Waals surface area (Å²) in [5.74, 6) is -4.09. The van der Waals surface area contributed by atoms with Crippen LogP contribution >= 0.6 is 0 Å². The molecule has 0 fully saturated rings. The van der Waals surface area contributed by atoms with Crippen LogP contribution in [-0.2, 0) is 22.9 Å². The summed E-state index contributed by atoms with van der Waals surface area (Å²) in [7, 11) is -4.26. The molecule has 1 atom stereocenters. The van der Waals surface area contributed by atoms with Gasteiger partial charge in [0.2, 0.25) is 0 Å². The molecule has 1 unspecified atom stereocenters. The number of hydrogen-bond acceptors (Lipinski definition) is 4. The van der Waals surface area contributed by atoms with Crippen LogP contribution in [0, 0.1) is 23.6 Å². The molecule has 2 N–H and O–H groups in total. The van der Waals surface area contributed by atoms with E-state index >= 15 is 0 Å². The van der Waals surface area contributed by atoms with Gasteiger partial charge in [0.05, 0.1) is 0 Å². The largest absolute Gasteiger partial charge is 0.430 e. The SMILES string of the molecule is CC(C)C1CCc2c(S(=O)(=O)Nc3nc(F)c(OC(F)F)cc3F)c[nH]c2C1. The molecule has 2 aromatic heterocycles. The molecular weight excluding hydrogens is 402 g/mol. The third-order valence-electron chi connectivity index (χ3n) is 4.85. The molecule has 0 bridgehead atoms. The highest BCUT2D eigenvalue weighted by atomic mass is 32.2. The summed E-state index contributed by atoms with van der Waals surface area (Å²) >= 11 is 0. The molecule has 1 aliphatic carbocycles. The molecule has 154 valence electrons.